The normalized spacial score (nSPS) is 10.8. The summed E-state index contributed by atoms with van der Waals surface area (Å²) in [7, 11) is 1.88. The number of fused-ring (bicyclic) bond motifs is 1. The standard InChI is InChI=1S/C14H14N4O/c1-9-7-13(17-16-9)15-14(19)12-8-10-5-3-4-6-11(10)18(12)2/h3-8H,1-2H3,(H2,15,16,17,19). The molecule has 0 saturated heterocycles. The van der Waals surface area contributed by atoms with E-state index in [2.05, 4.69) is 15.5 Å². The number of hydrogen-bond acceptors (Lipinski definition) is 2. The molecule has 0 radical (unpaired) electrons. The first-order valence-electron chi connectivity index (χ1n) is 6.03. The van der Waals surface area contributed by atoms with Gasteiger partial charge in [-0.15, -0.1) is 0 Å². The number of para-hydroxylation sites is 1. The molecule has 19 heavy (non-hydrogen) atoms. The molecule has 0 saturated carbocycles. The molecule has 1 aromatic carbocycles. The van der Waals surface area contributed by atoms with E-state index in [0.29, 0.717) is 11.5 Å². The zero-order chi connectivity index (χ0) is 13.4. The highest BCUT2D eigenvalue weighted by molar-refractivity contribution is 6.05. The van der Waals surface area contributed by atoms with Gasteiger partial charge in [0.05, 0.1) is 0 Å². The van der Waals surface area contributed by atoms with Crippen molar-refractivity contribution >= 4 is 22.6 Å². The summed E-state index contributed by atoms with van der Waals surface area (Å²) in [6, 6.07) is 11.6. The third kappa shape index (κ3) is 1.99. The van der Waals surface area contributed by atoms with Gasteiger partial charge in [0.25, 0.3) is 5.91 Å². The number of nitrogens with zero attached hydrogens (tertiary/aromatic N) is 2. The zero-order valence-corrected chi connectivity index (χ0v) is 10.8. The van der Waals surface area contributed by atoms with Gasteiger partial charge in [-0.25, -0.2) is 0 Å². The Kier molecular flexibility index (Phi) is 2.59. The summed E-state index contributed by atoms with van der Waals surface area (Å²) in [5, 5.41) is 10.6. The van der Waals surface area contributed by atoms with E-state index in [9.17, 15) is 4.79 Å². The van der Waals surface area contributed by atoms with Crippen LogP contribution in [0.2, 0.25) is 0 Å². The van der Waals surface area contributed by atoms with Crippen molar-refractivity contribution in [2.75, 3.05) is 5.32 Å². The van der Waals surface area contributed by atoms with Crippen molar-refractivity contribution in [3.05, 3.63) is 47.8 Å². The maximum atomic E-state index is 12.2. The van der Waals surface area contributed by atoms with Gasteiger partial charge in [-0.1, -0.05) is 18.2 Å². The lowest BCUT2D eigenvalue weighted by Gasteiger charge is -2.03. The van der Waals surface area contributed by atoms with Crippen LogP contribution < -0.4 is 5.32 Å². The minimum Gasteiger partial charge on any atom is -0.340 e. The van der Waals surface area contributed by atoms with E-state index >= 15 is 0 Å². The number of aromatic amines is 1. The van der Waals surface area contributed by atoms with E-state index in [0.717, 1.165) is 16.6 Å². The third-order valence-electron chi connectivity index (χ3n) is 3.13. The Balaban J connectivity index is 1.95. The van der Waals surface area contributed by atoms with Gasteiger partial charge in [0.1, 0.15) is 5.69 Å². The van der Waals surface area contributed by atoms with Gasteiger partial charge >= 0.3 is 0 Å². The first kappa shape index (κ1) is 11.5. The van der Waals surface area contributed by atoms with Gasteiger partial charge < -0.3 is 9.88 Å². The van der Waals surface area contributed by atoms with Gasteiger partial charge in [0.2, 0.25) is 0 Å². The van der Waals surface area contributed by atoms with Crippen LogP contribution >= 0.6 is 0 Å². The summed E-state index contributed by atoms with van der Waals surface area (Å²) < 4.78 is 1.88. The minimum atomic E-state index is -0.162. The molecule has 0 aliphatic carbocycles. The molecule has 0 aliphatic heterocycles. The van der Waals surface area contributed by atoms with E-state index in [1.807, 2.05) is 48.9 Å². The average molecular weight is 254 g/mol. The van der Waals surface area contributed by atoms with Crippen LogP contribution in [-0.4, -0.2) is 20.7 Å². The van der Waals surface area contributed by atoms with E-state index in [4.69, 9.17) is 0 Å². The SMILES string of the molecule is Cc1cc(NC(=O)c2cc3ccccc3n2C)n[nH]1. The maximum Gasteiger partial charge on any atom is 0.273 e. The Labute approximate surface area is 110 Å². The van der Waals surface area contributed by atoms with Gasteiger partial charge in [-0.2, -0.15) is 5.10 Å². The molecule has 3 rings (SSSR count). The summed E-state index contributed by atoms with van der Waals surface area (Å²) in [5.74, 6) is 0.373. The van der Waals surface area contributed by atoms with Crippen LogP contribution in [0, 0.1) is 6.92 Å². The monoisotopic (exact) mass is 254 g/mol. The molecule has 5 nitrogen and oxygen atoms in total. The quantitative estimate of drug-likeness (QED) is 0.738. The predicted molar refractivity (Wildman–Crippen MR) is 74.2 cm³/mol. The molecular formula is C14H14N4O. The van der Waals surface area contributed by atoms with E-state index in [1.165, 1.54) is 0 Å². The molecule has 2 heterocycles. The van der Waals surface area contributed by atoms with Crippen molar-refractivity contribution in [1.82, 2.24) is 14.8 Å². The number of benzene rings is 1. The second-order valence-corrected chi connectivity index (χ2v) is 4.54. The molecule has 0 fully saturated rings. The second kappa shape index (κ2) is 4.28. The van der Waals surface area contributed by atoms with Crippen LogP contribution in [0.25, 0.3) is 10.9 Å². The molecule has 2 aromatic heterocycles. The fourth-order valence-electron chi connectivity index (χ4n) is 2.17. The molecule has 0 unspecified atom stereocenters. The number of aromatic nitrogens is 3. The second-order valence-electron chi connectivity index (χ2n) is 4.54. The van der Waals surface area contributed by atoms with Crippen molar-refractivity contribution in [2.24, 2.45) is 7.05 Å². The molecular weight excluding hydrogens is 240 g/mol. The van der Waals surface area contributed by atoms with Gasteiger partial charge in [0.15, 0.2) is 5.82 Å². The third-order valence-corrected chi connectivity index (χ3v) is 3.13. The van der Waals surface area contributed by atoms with Gasteiger partial charge in [-0.05, 0) is 19.1 Å². The molecule has 0 atom stereocenters. The molecule has 0 bridgehead atoms. The summed E-state index contributed by atoms with van der Waals surface area (Å²) in [6.07, 6.45) is 0. The number of nitrogens with one attached hydrogen (secondary N) is 2. The highest BCUT2D eigenvalue weighted by atomic mass is 16.2. The maximum absolute atomic E-state index is 12.2. The van der Waals surface area contributed by atoms with Crippen LogP contribution in [0.5, 0.6) is 0 Å². The van der Waals surface area contributed by atoms with Crippen LogP contribution in [-0.2, 0) is 7.05 Å². The Morgan fingerprint density at radius 1 is 1.32 bits per heavy atom. The lowest BCUT2D eigenvalue weighted by molar-refractivity contribution is 0.101. The molecule has 96 valence electrons. The molecule has 5 heteroatoms. The molecule has 0 spiro atoms. The molecule has 2 N–H and O–H groups in total. The number of carbonyl (C=O) groups is 1. The first-order chi connectivity index (χ1) is 9.15. The number of anilines is 1. The highest BCUT2D eigenvalue weighted by Crippen LogP contribution is 2.19. The number of aryl methyl sites for hydroxylation is 2. The predicted octanol–water partition coefficient (Wildman–Crippen LogP) is 2.46. The Morgan fingerprint density at radius 3 is 2.79 bits per heavy atom. The Morgan fingerprint density at radius 2 is 2.11 bits per heavy atom. The van der Waals surface area contributed by atoms with E-state index < -0.39 is 0 Å². The Bertz CT molecular complexity index is 754. The summed E-state index contributed by atoms with van der Waals surface area (Å²) in [4.78, 5) is 12.2. The van der Waals surface area contributed by atoms with Crippen LogP contribution in [0.3, 0.4) is 0 Å². The van der Waals surface area contributed by atoms with E-state index in [-0.39, 0.29) is 5.91 Å². The largest absolute Gasteiger partial charge is 0.340 e. The fraction of sp³-hybridized carbons (Fsp3) is 0.143. The number of carbonyl (C=O) groups excluding carboxylic acids is 1. The lowest BCUT2D eigenvalue weighted by atomic mass is 10.2. The smallest absolute Gasteiger partial charge is 0.273 e. The zero-order valence-electron chi connectivity index (χ0n) is 10.8. The first-order valence-corrected chi connectivity index (χ1v) is 6.03. The topological polar surface area (TPSA) is 62.7 Å². The van der Waals surface area contributed by atoms with Crippen LogP contribution in [0.1, 0.15) is 16.2 Å². The van der Waals surface area contributed by atoms with Crippen molar-refractivity contribution < 1.29 is 4.79 Å². The van der Waals surface area contributed by atoms with Crippen LogP contribution in [0.4, 0.5) is 5.82 Å². The van der Waals surface area contributed by atoms with Gasteiger partial charge in [0, 0.05) is 29.7 Å². The summed E-state index contributed by atoms with van der Waals surface area (Å²) in [6.45, 7) is 1.89. The fourth-order valence-corrected chi connectivity index (χ4v) is 2.17. The number of rotatable bonds is 2. The highest BCUT2D eigenvalue weighted by Gasteiger charge is 2.14. The molecule has 1 amide bonds. The Hall–Kier alpha value is -2.56. The van der Waals surface area contributed by atoms with Gasteiger partial charge in [-0.3, -0.25) is 9.89 Å². The number of hydrogen-bond donors (Lipinski definition) is 2. The molecule has 3 aromatic rings. The van der Waals surface area contributed by atoms with Crippen LogP contribution in [0.15, 0.2) is 36.4 Å². The van der Waals surface area contributed by atoms with Crippen molar-refractivity contribution in [2.45, 2.75) is 6.92 Å². The lowest BCUT2D eigenvalue weighted by Crippen LogP contribution is -2.15. The average Bonchev–Trinajstić information content (AvgIpc) is 2.94. The summed E-state index contributed by atoms with van der Waals surface area (Å²) in [5.41, 5.74) is 2.56. The summed E-state index contributed by atoms with van der Waals surface area (Å²) >= 11 is 0. The minimum absolute atomic E-state index is 0.162. The van der Waals surface area contributed by atoms with Crippen molar-refractivity contribution in [3.63, 3.8) is 0 Å². The number of H-pyrrole nitrogens is 1. The van der Waals surface area contributed by atoms with E-state index in [1.54, 1.807) is 6.07 Å². The van der Waals surface area contributed by atoms with Crippen molar-refractivity contribution in [3.8, 4) is 0 Å². The number of amides is 1. The van der Waals surface area contributed by atoms with Crippen molar-refractivity contribution in [1.29, 1.82) is 0 Å². The molecule has 0 aliphatic rings.